The SMILES string of the molecule is COc1ccc(C)cc1NC(=O)C(=O)Nc1ccc(Cl)cc1C. The Bertz CT molecular complexity index is 759. The van der Waals surface area contributed by atoms with Crippen molar-refractivity contribution in [2.24, 2.45) is 0 Å². The zero-order valence-electron chi connectivity index (χ0n) is 13.1. The summed E-state index contributed by atoms with van der Waals surface area (Å²) in [5.74, 6) is -1.05. The standard InChI is InChI=1S/C17H17ClN2O3/c1-10-4-7-15(23-3)14(8-10)20-17(22)16(21)19-13-6-5-12(18)9-11(13)2/h4-9H,1-3H3,(H,19,21)(H,20,22). The molecule has 6 heteroatoms. The van der Waals surface area contributed by atoms with E-state index in [0.29, 0.717) is 22.1 Å². The molecule has 0 radical (unpaired) electrons. The highest BCUT2D eigenvalue weighted by Crippen LogP contribution is 2.25. The first-order valence-corrected chi connectivity index (χ1v) is 7.31. The Morgan fingerprint density at radius 2 is 1.61 bits per heavy atom. The van der Waals surface area contributed by atoms with Crippen molar-refractivity contribution in [1.29, 1.82) is 0 Å². The number of methoxy groups -OCH3 is 1. The zero-order valence-corrected chi connectivity index (χ0v) is 13.8. The fourth-order valence-corrected chi connectivity index (χ4v) is 2.27. The number of ether oxygens (including phenoxy) is 1. The molecule has 0 bridgehead atoms. The number of hydrogen-bond donors (Lipinski definition) is 2. The second-order valence-corrected chi connectivity index (χ2v) is 5.51. The second-order valence-electron chi connectivity index (χ2n) is 5.07. The third kappa shape index (κ3) is 4.23. The highest BCUT2D eigenvalue weighted by Gasteiger charge is 2.17. The Morgan fingerprint density at radius 1 is 0.957 bits per heavy atom. The second kappa shape index (κ2) is 7.15. The van der Waals surface area contributed by atoms with Crippen molar-refractivity contribution in [3.05, 3.63) is 52.5 Å². The van der Waals surface area contributed by atoms with E-state index in [9.17, 15) is 9.59 Å². The Hall–Kier alpha value is -2.53. The summed E-state index contributed by atoms with van der Waals surface area (Å²) in [5.41, 5.74) is 2.69. The molecule has 0 saturated carbocycles. The van der Waals surface area contributed by atoms with Crippen LogP contribution >= 0.6 is 11.6 Å². The third-order valence-electron chi connectivity index (χ3n) is 3.25. The molecule has 0 heterocycles. The number of benzene rings is 2. The van der Waals surface area contributed by atoms with E-state index in [1.165, 1.54) is 7.11 Å². The number of rotatable bonds is 3. The van der Waals surface area contributed by atoms with Gasteiger partial charge in [0, 0.05) is 10.7 Å². The Labute approximate surface area is 139 Å². The van der Waals surface area contributed by atoms with Gasteiger partial charge in [-0.15, -0.1) is 0 Å². The molecule has 0 aliphatic carbocycles. The molecule has 5 nitrogen and oxygen atoms in total. The lowest BCUT2D eigenvalue weighted by atomic mass is 10.2. The van der Waals surface area contributed by atoms with Crippen LogP contribution in [0.25, 0.3) is 0 Å². The molecule has 0 spiro atoms. The molecule has 2 amide bonds. The van der Waals surface area contributed by atoms with Gasteiger partial charge in [0.25, 0.3) is 0 Å². The lowest BCUT2D eigenvalue weighted by Gasteiger charge is -2.12. The number of carbonyl (C=O) groups excluding carboxylic acids is 2. The molecule has 2 rings (SSSR count). The summed E-state index contributed by atoms with van der Waals surface area (Å²) >= 11 is 5.87. The molecule has 23 heavy (non-hydrogen) atoms. The van der Waals surface area contributed by atoms with Crippen molar-refractivity contribution < 1.29 is 14.3 Å². The number of nitrogens with one attached hydrogen (secondary N) is 2. The third-order valence-corrected chi connectivity index (χ3v) is 3.48. The number of aryl methyl sites for hydroxylation is 2. The van der Waals surface area contributed by atoms with Crippen LogP contribution in [0.1, 0.15) is 11.1 Å². The monoisotopic (exact) mass is 332 g/mol. The summed E-state index contributed by atoms with van der Waals surface area (Å²) in [6.45, 7) is 3.68. The number of halogens is 1. The van der Waals surface area contributed by atoms with Crippen LogP contribution in [0.3, 0.4) is 0 Å². The lowest BCUT2D eigenvalue weighted by molar-refractivity contribution is -0.133. The van der Waals surface area contributed by atoms with Crippen LogP contribution in [0.2, 0.25) is 5.02 Å². The van der Waals surface area contributed by atoms with Crippen molar-refractivity contribution in [1.82, 2.24) is 0 Å². The molecule has 0 saturated heterocycles. The fourth-order valence-electron chi connectivity index (χ4n) is 2.04. The van der Waals surface area contributed by atoms with E-state index in [4.69, 9.17) is 16.3 Å². The van der Waals surface area contributed by atoms with Crippen LogP contribution in [0, 0.1) is 13.8 Å². The Balaban J connectivity index is 2.11. The molecule has 0 unspecified atom stereocenters. The van der Waals surface area contributed by atoms with Gasteiger partial charge in [-0.1, -0.05) is 17.7 Å². The van der Waals surface area contributed by atoms with Crippen LogP contribution < -0.4 is 15.4 Å². The first-order valence-electron chi connectivity index (χ1n) is 6.94. The van der Waals surface area contributed by atoms with Crippen molar-refractivity contribution in [3.63, 3.8) is 0 Å². The molecule has 2 N–H and O–H groups in total. The Kier molecular flexibility index (Phi) is 5.24. The van der Waals surface area contributed by atoms with Crippen LogP contribution in [-0.4, -0.2) is 18.9 Å². The molecule has 0 atom stereocenters. The van der Waals surface area contributed by atoms with Crippen LogP contribution in [0.15, 0.2) is 36.4 Å². The van der Waals surface area contributed by atoms with E-state index in [-0.39, 0.29) is 0 Å². The molecule has 0 fully saturated rings. The lowest BCUT2D eigenvalue weighted by Crippen LogP contribution is -2.29. The van der Waals surface area contributed by atoms with E-state index in [1.807, 2.05) is 13.0 Å². The minimum Gasteiger partial charge on any atom is -0.495 e. The van der Waals surface area contributed by atoms with Crippen molar-refractivity contribution in [3.8, 4) is 5.75 Å². The maximum absolute atomic E-state index is 12.1. The normalized spacial score (nSPS) is 10.1. The van der Waals surface area contributed by atoms with Gasteiger partial charge in [-0.3, -0.25) is 9.59 Å². The highest BCUT2D eigenvalue weighted by molar-refractivity contribution is 6.44. The van der Waals surface area contributed by atoms with Crippen LogP contribution in [0.4, 0.5) is 11.4 Å². The zero-order chi connectivity index (χ0) is 17.0. The summed E-state index contributed by atoms with van der Waals surface area (Å²) in [6.07, 6.45) is 0. The smallest absolute Gasteiger partial charge is 0.314 e. The van der Waals surface area contributed by atoms with Crippen molar-refractivity contribution in [2.45, 2.75) is 13.8 Å². The van der Waals surface area contributed by atoms with Gasteiger partial charge in [0.05, 0.1) is 12.8 Å². The van der Waals surface area contributed by atoms with Gasteiger partial charge in [-0.05, 0) is 55.3 Å². The fraction of sp³-hybridized carbons (Fsp3) is 0.176. The van der Waals surface area contributed by atoms with Crippen LogP contribution in [-0.2, 0) is 9.59 Å². The predicted octanol–water partition coefficient (Wildman–Crippen LogP) is 3.54. The van der Waals surface area contributed by atoms with Crippen molar-refractivity contribution >= 4 is 34.8 Å². The van der Waals surface area contributed by atoms with E-state index < -0.39 is 11.8 Å². The summed E-state index contributed by atoms with van der Waals surface area (Å²) in [5, 5.41) is 5.67. The molecule has 0 aliphatic heterocycles. The van der Waals surface area contributed by atoms with E-state index in [0.717, 1.165) is 11.1 Å². The number of carbonyl (C=O) groups is 2. The summed E-state index contributed by atoms with van der Waals surface area (Å²) < 4.78 is 5.17. The quantitative estimate of drug-likeness (QED) is 0.845. The average Bonchev–Trinajstić information content (AvgIpc) is 2.50. The first kappa shape index (κ1) is 16.8. The molecule has 2 aromatic carbocycles. The minimum absolute atomic E-state index is 0.445. The molecule has 120 valence electrons. The minimum atomic E-state index is -0.775. The number of anilines is 2. The van der Waals surface area contributed by atoms with Gasteiger partial charge < -0.3 is 15.4 Å². The molecule has 2 aromatic rings. The van der Waals surface area contributed by atoms with Gasteiger partial charge in [0.1, 0.15) is 5.75 Å². The van der Waals surface area contributed by atoms with E-state index in [2.05, 4.69) is 10.6 Å². The first-order chi connectivity index (χ1) is 10.9. The molecular formula is C17H17ClN2O3. The summed E-state index contributed by atoms with van der Waals surface area (Å²) in [6, 6.07) is 10.3. The average molecular weight is 333 g/mol. The number of amides is 2. The maximum Gasteiger partial charge on any atom is 0.314 e. The van der Waals surface area contributed by atoms with Gasteiger partial charge in [0.2, 0.25) is 0 Å². The molecule has 0 aliphatic rings. The predicted molar refractivity (Wildman–Crippen MR) is 91.2 cm³/mol. The van der Waals surface area contributed by atoms with Crippen LogP contribution in [0.5, 0.6) is 5.75 Å². The van der Waals surface area contributed by atoms with Crippen molar-refractivity contribution in [2.75, 3.05) is 17.7 Å². The summed E-state index contributed by atoms with van der Waals surface area (Å²) in [7, 11) is 1.50. The number of hydrogen-bond acceptors (Lipinski definition) is 3. The van der Waals surface area contributed by atoms with Gasteiger partial charge in [0.15, 0.2) is 0 Å². The highest BCUT2D eigenvalue weighted by atomic mass is 35.5. The maximum atomic E-state index is 12.1. The molecular weight excluding hydrogens is 316 g/mol. The summed E-state index contributed by atoms with van der Waals surface area (Å²) in [4.78, 5) is 24.1. The molecule has 0 aromatic heterocycles. The Morgan fingerprint density at radius 3 is 2.22 bits per heavy atom. The topological polar surface area (TPSA) is 67.4 Å². The van der Waals surface area contributed by atoms with E-state index >= 15 is 0 Å². The largest absolute Gasteiger partial charge is 0.495 e. The van der Waals surface area contributed by atoms with Gasteiger partial charge >= 0.3 is 11.8 Å². The van der Waals surface area contributed by atoms with Gasteiger partial charge in [-0.25, -0.2) is 0 Å². The van der Waals surface area contributed by atoms with Gasteiger partial charge in [-0.2, -0.15) is 0 Å². The van der Waals surface area contributed by atoms with E-state index in [1.54, 1.807) is 37.3 Å².